The van der Waals surface area contributed by atoms with Gasteiger partial charge in [-0.15, -0.1) is 0 Å². The number of carbonyl (C=O) groups is 2. The molecule has 2 aliphatic heterocycles. The van der Waals surface area contributed by atoms with Gasteiger partial charge in [-0.25, -0.2) is 12.7 Å². The third kappa shape index (κ3) is 5.23. The molecule has 0 bridgehead atoms. The van der Waals surface area contributed by atoms with E-state index in [0.717, 1.165) is 35.8 Å². The number of piperidine rings is 1. The molecule has 7 nitrogen and oxygen atoms in total. The molecule has 4 rings (SSSR count). The average molecular weight is 490 g/mol. The predicted molar refractivity (Wildman–Crippen MR) is 129 cm³/mol. The van der Waals surface area contributed by atoms with E-state index in [4.69, 9.17) is 11.6 Å². The van der Waals surface area contributed by atoms with Crippen LogP contribution in [0, 0.1) is 6.92 Å². The van der Waals surface area contributed by atoms with Crippen molar-refractivity contribution in [1.82, 2.24) is 10.2 Å². The van der Waals surface area contributed by atoms with Crippen molar-refractivity contribution in [2.24, 2.45) is 0 Å². The Kier molecular flexibility index (Phi) is 7.07. The van der Waals surface area contributed by atoms with Gasteiger partial charge in [-0.1, -0.05) is 47.9 Å². The quantitative estimate of drug-likeness (QED) is 0.669. The fourth-order valence-corrected chi connectivity index (χ4v) is 6.16. The van der Waals surface area contributed by atoms with E-state index in [2.05, 4.69) is 34.5 Å². The Morgan fingerprint density at radius 1 is 1.09 bits per heavy atom. The number of sulfonamides is 1. The fourth-order valence-electron chi connectivity index (χ4n) is 4.44. The molecule has 0 aliphatic carbocycles. The largest absolute Gasteiger partial charge is 0.350 e. The Labute approximate surface area is 199 Å². The topological polar surface area (TPSA) is 86.8 Å². The van der Waals surface area contributed by atoms with E-state index in [-0.39, 0.29) is 40.4 Å². The van der Waals surface area contributed by atoms with E-state index in [1.165, 1.54) is 30.2 Å². The van der Waals surface area contributed by atoms with Gasteiger partial charge in [0.15, 0.2) is 0 Å². The zero-order chi connectivity index (χ0) is 23.6. The number of nitrogens with one attached hydrogen (secondary N) is 1. The number of anilines is 1. The summed E-state index contributed by atoms with van der Waals surface area (Å²) in [6.45, 7) is 4.46. The lowest BCUT2D eigenvalue weighted by atomic mass is 10.0. The van der Waals surface area contributed by atoms with Gasteiger partial charge >= 0.3 is 0 Å². The molecule has 2 aliphatic rings. The van der Waals surface area contributed by atoms with Crippen LogP contribution >= 0.6 is 11.6 Å². The van der Waals surface area contributed by atoms with Crippen LogP contribution in [0.25, 0.3) is 0 Å². The summed E-state index contributed by atoms with van der Waals surface area (Å²) in [5.74, 6) is -1.05. The molecule has 2 amide bonds. The minimum atomic E-state index is -3.69. The van der Waals surface area contributed by atoms with Crippen molar-refractivity contribution < 1.29 is 18.0 Å². The van der Waals surface area contributed by atoms with Gasteiger partial charge in [0.1, 0.15) is 0 Å². The number of nitrogens with zero attached hydrogens (tertiary/aromatic N) is 2. The van der Waals surface area contributed by atoms with E-state index < -0.39 is 15.9 Å². The molecule has 1 atom stereocenters. The maximum Gasteiger partial charge on any atom is 0.252 e. The fraction of sp³-hybridized carbons (Fsp3) is 0.417. The van der Waals surface area contributed by atoms with Crippen molar-refractivity contribution in [1.29, 1.82) is 0 Å². The van der Waals surface area contributed by atoms with Crippen LogP contribution in [0.5, 0.6) is 0 Å². The van der Waals surface area contributed by atoms with Gasteiger partial charge in [0, 0.05) is 13.0 Å². The van der Waals surface area contributed by atoms with Crippen LogP contribution in [0.2, 0.25) is 5.02 Å². The van der Waals surface area contributed by atoms with Crippen LogP contribution in [0.15, 0.2) is 42.5 Å². The Morgan fingerprint density at radius 3 is 2.39 bits per heavy atom. The molecule has 9 heteroatoms. The molecule has 2 fully saturated rings. The molecule has 0 spiro atoms. The summed E-state index contributed by atoms with van der Waals surface area (Å²) < 4.78 is 25.1. The molecule has 1 unspecified atom stereocenters. The number of halogens is 1. The molecule has 2 aromatic carbocycles. The van der Waals surface area contributed by atoms with E-state index in [0.29, 0.717) is 6.54 Å². The van der Waals surface area contributed by atoms with Crippen molar-refractivity contribution in [3.05, 3.63) is 64.2 Å². The zero-order valence-electron chi connectivity index (χ0n) is 18.6. The Hall–Kier alpha value is -2.42. The summed E-state index contributed by atoms with van der Waals surface area (Å²) >= 11 is 6.34. The highest BCUT2D eigenvalue weighted by atomic mass is 35.5. The van der Waals surface area contributed by atoms with Crippen molar-refractivity contribution in [2.75, 3.05) is 29.7 Å². The average Bonchev–Trinajstić information content (AvgIpc) is 3.07. The summed E-state index contributed by atoms with van der Waals surface area (Å²) in [6.07, 6.45) is 3.45. The molecule has 1 N–H and O–H groups in total. The van der Waals surface area contributed by atoms with Crippen molar-refractivity contribution >= 4 is 39.1 Å². The van der Waals surface area contributed by atoms with Gasteiger partial charge < -0.3 is 5.32 Å². The van der Waals surface area contributed by atoms with Crippen LogP contribution in [-0.4, -0.2) is 50.5 Å². The number of benzene rings is 2. The van der Waals surface area contributed by atoms with Crippen molar-refractivity contribution in [3.63, 3.8) is 0 Å². The second-order valence-corrected chi connectivity index (χ2v) is 11.0. The molecule has 0 radical (unpaired) electrons. The number of rotatable bonds is 6. The van der Waals surface area contributed by atoms with Crippen LogP contribution in [-0.2, 0) is 14.8 Å². The lowest BCUT2D eigenvalue weighted by molar-refractivity contribution is -0.116. The lowest BCUT2D eigenvalue weighted by Gasteiger charge is -2.35. The molecule has 2 saturated heterocycles. The van der Waals surface area contributed by atoms with Gasteiger partial charge in [0.2, 0.25) is 15.9 Å². The number of aryl methyl sites for hydroxylation is 1. The highest BCUT2D eigenvalue weighted by molar-refractivity contribution is 7.94. The molecule has 0 aromatic heterocycles. The van der Waals surface area contributed by atoms with Gasteiger partial charge in [0.05, 0.1) is 28.1 Å². The first-order chi connectivity index (χ1) is 15.8. The smallest absolute Gasteiger partial charge is 0.252 e. The van der Waals surface area contributed by atoms with Gasteiger partial charge in [-0.3, -0.25) is 14.5 Å². The molecule has 176 valence electrons. The Balaban J connectivity index is 1.50. The summed E-state index contributed by atoms with van der Waals surface area (Å²) in [7, 11) is -3.69. The predicted octanol–water partition coefficient (Wildman–Crippen LogP) is 3.67. The normalized spacial score (nSPS) is 19.5. The molecule has 0 saturated carbocycles. The molecule has 33 heavy (non-hydrogen) atoms. The van der Waals surface area contributed by atoms with Crippen LogP contribution in [0.4, 0.5) is 5.69 Å². The Morgan fingerprint density at radius 2 is 1.79 bits per heavy atom. The van der Waals surface area contributed by atoms with Crippen LogP contribution in [0.1, 0.15) is 53.2 Å². The summed E-state index contributed by atoms with van der Waals surface area (Å²) in [5.41, 5.74) is 2.74. The number of amides is 2. The number of hydrogen-bond donors (Lipinski definition) is 1. The number of likely N-dealkylation sites (tertiary alicyclic amines) is 1. The van der Waals surface area contributed by atoms with E-state index in [1.54, 1.807) is 0 Å². The molecular weight excluding hydrogens is 462 g/mol. The standard InChI is InChI=1S/C24H28ClN3O4S/c1-17-5-7-18(8-6-17)22(27-12-3-2-4-13-27)16-26-24(30)20-10-9-19(15-21(20)25)28-23(29)11-14-33(28,31)32/h5-10,15,22H,2-4,11-14,16H2,1H3,(H,26,30). The second-order valence-electron chi connectivity index (χ2n) is 8.62. The first-order valence-corrected chi connectivity index (χ1v) is 13.2. The molecular formula is C24H28ClN3O4S. The summed E-state index contributed by atoms with van der Waals surface area (Å²) in [5, 5.41) is 3.10. The van der Waals surface area contributed by atoms with Gasteiger partial charge in [-0.05, 0) is 56.6 Å². The Bertz CT molecular complexity index is 1140. The van der Waals surface area contributed by atoms with E-state index in [9.17, 15) is 18.0 Å². The molecule has 2 aromatic rings. The number of hydrogen-bond acceptors (Lipinski definition) is 5. The summed E-state index contributed by atoms with van der Waals surface area (Å²) in [6, 6.07) is 12.7. The third-order valence-corrected chi connectivity index (χ3v) is 8.26. The van der Waals surface area contributed by atoms with Crippen LogP contribution in [0.3, 0.4) is 0 Å². The lowest BCUT2D eigenvalue weighted by Crippen LogP contribution is -2.40. The SMILES string of the molecule is Cc1ccc(C(CNC(=O)c2ccc(N3C(=O)CCS3(=O)=O)cc2Cl)N2CCCCC2)cc1. The van der Waals surface area contributed by atoms with E-state index >= 15 is 0 Å². The first kappa shape index (κ1) is 23.7. The second kappa shape index (κ2) is 9.83. The third-order valence-electron chi connectivity index (χ3n) is 6.26. The van der Waals surface area contributed by atoms with Gasteiger partial charge in [0.25, 0.3) is 5.91 Å². The first-order valence-electron chi connectivity index (χ1n) is 11.2. The minimum Gasteiger partial charge on any atom is -0.350 e. The zero-order valence-corrected chi connectivity index (χ0v) is 20.2. The highest BCUT2D eigenvalue weighted by Gasteiger charge is 2.36. The number of carbonyl (C=O) groups excluding carboxylic acids is 2. The highest BCUT2D eigenvalue weighted by Crippen LogP contribution is 2.30. The van der Waals surface area contributed by atoms with Crippen molar-refractivity contribution in [3.8, 4) is 0 Å². The van der Waals surface area contributed by atoms with Crippen LogP contribution < -0.4 is 9.62 Å². The maximum atomic E-state index is 12.9. The van der Waals surface area contributed by atoms with Gasteiger partial charge in [-0.2, -0.15) is 0 Å². The maximum absolute atomic E-state index is 12.9. The van der Waals surface area contributed by atoms with E-state index in [1.807, 2.05) is 6.92 Å². The summed E-state index contributed by atoms with van der Waals surface area (Å²) in [4.78, 5) is 27.4. The van der Waals surface area contributed by atoms with Crippen molar-refractivity contribution in [2.45, 2.75) is 38.6 Å². The minimum absolute atomic E-state index is 0.0558. The molecule has 2 heterocycles. The monoisotopic (exact) mass is 489 g/mol.